The Bertz CT molecular complexity index is 1310. The molecular formula is C36H51N3O7. The highest BCUT2D eigenvalue weighted by Gasteiger charge is 2.76. The second-order valence-electron chi connectivity index (χ2n) is 14.2. The number of carbonyl (C=O) groups is 4. The van der Waals surface area contributed by atoms with E-state index in [0.717, 1.165) is 0 Å². The molecule has 3 aliphatic rings. The summed E-state index contributed by atoms with van der Waals surface area (Å²) in [5.41, 5.74) is -1.14. The van der Waals surface area contributed by atoms with E-state index in [1.54, 1.807) is 24.0 Å². The van der Waals surface area contributed by atoms with Gasteiger partial charge < -0.3 is 29.7 Å². The number of likely N-dealkylation sites (tertiary alicyclic amines) is 1. The molecule has 1 aromatic carbocycles. The quantitative estimate of drug-likeness (QED) is 0.234. The molecule has 46 heavy (non-hydrogen) atoms. The topological polar surface area (TPSA) is 125 Å². The van der Waals surface area contributed by atoms with Crippen molar-refractivity contribution >= 4 is 23.7 Å². The summed E-state index contributed by atoms with van der Waals surface area (Å²) in [6, 6.07) is 6.92. The van der Waals surface area contributed by atoms with E-state index < -0.39 is 59.3 Å². The number of benzene rings is 1. The van der Waals surface area contributed by atoms with Gasteiger partial charge in [-0.3, -0.25) is 19.2 Å². The minimum absolute atomic E-state index is 0.169. The molecule has 10 nitrogen and oxygen atoms in total. The predicted octanol–water partition coefficient (Wildman–Crippen LogP) is 3.95. The number of rotatable bonds is 14. The molecule has 2 N–H and O–H groups in total. The second-order valence-corrected chi connectivity index (χ2v) is 14.2. The van der Waals surface area contributed by atoms with Gasteiger partial charge >= 0.3 is 5.97 Å². The van der Waals surface area contributed by atoms with Crippen LogP contribution in [-0.2, 0) is 28.7 Å². The number of nitrogens with zero attached hydrogens (tertiary/aromatic N) is 2. The van der Waals surface area contributed by atoms with Gasteiger partial charge in [-0.1, -0.05) is 56.3 Å². The Morgan fingerprint density at radius 3 is 2.41 bits per heavy atom. The van der Waals surface area contributed by atoms with Crippen molar-refractivity contribution < 1.29 is 33.8 Å². The van der Waals surface area contributed by atoms with Gasteiger partial charge in [-0.25, -0.2) is 0 Å². The number of allylic oxidation sites excluding steroid dienone is 1. The first-order chi connectivity index (χ1) is 21.7. The molecule has 10 heteroatoms. The number of aliphatic hydroxyl groups is 1. The van der Waals surface area contributed by atoms with Crippen LogP contribution in [0.15, 0.2) is 55.6 Å². The second kappa shape index (κ2) is 14.1. The average Bonchev–Trinajstić information content (AvgIpc) is 3.65. The van der Waals surface area contributed by atoms with E-state index in [1.807, 2.05) is 65.0 Å². The molecule has 3 amide bonds. The Labute approximate surface area is 273 Å². The minimum Gasteiger partial charge on any atom is -0.455 e. The Hall–Kier alpha value is -3.50. The van der Waals surface area contributed by atoms with E-state index in [9.17, 15) is 24.3 Å². The lowest BCUT2D eigenvalue weighted by Gasteiger charge is -2.44. The van der Waals surface area contributed by atoms with Crippen molar-refractivity contribution in [2.45, 2.75) is 109 Å². The number of carbonyl (C=O) groups excluding carboxylic acids is 4. The number of amides is 3. The Morgan fingerprint density at radius 1 is 1.17 bits per heavy atom. The number of nitrogens with one attached hydrogen (secondary N) is 1. The van der Waals surface area contributed by atoms with E-state index in [2.05, 4.69) is 18.5 Å². The molecule has 0 radical (unpaired) electrons. The fraction of sp³-hybridized carbons (Fsp3) is 0.611. The maximum atomic E-state index is 14.6. The predicted molar refractivity (Wildman–Crippen MR) is 174 cm³/mol. The van der Waals surface area contributed by atoms with Gasteiger partial charge in [-0.2, -0.15) is 0 Å². The van der Waals surface area contributed by atoms with Crippen LogP contribution in [-0.4, -0.2) is 87.1 Å². The van der Waals surface area contributed by atoms with Gasteiger partial charge in [0.15, 0.2) is 0 Å². The van der Waals surface area contributed by atoms with Crippen LogP contribution in [0.4, 0.5) is 0 Å². The van der Waals surface area contributed by atoms with Crippen LogP contribution >= 0.6 is 0 Å². The third kappa shape index (κ3) is 6.51. The van der Waals surface area contributed by atoms with E-state index in [4.69, 9.17) is 9.47 Å². The van der Waals surface area contributed by atoms with Crippen LogP contribution < -0.4 is 5.32 Å². The zero-order valence-corrected chi connectivity index (χ0v) is 28.1. The van der Waals surface area contributed by atoms with Gasteiger partial charge in [0, 0.05) is 18.5 Å². The van der Waals surface area contributed by atoms with E-state index in [0.29, 0.717) is 24.8 Å². The number of aliphatic hydroxyl groups excluding tert-OH is 1. The molecule has 8 atom stereocenters. The summed E-state index contributed by atoms with van der Waals surface area (Å²) in [5.74, 6) is -3.56. The Morgan fingerprint density at radius 2 is 1.85 bits per heavy atom. The SMILES string of the molecule is C=CCCC(=O)N[C@H](C)[C@@H](OC(=O)[C@@H]1[C@H]2C(=O)N([C@@H](CO)C(C)C)[C@H](C(=O)N(CC=C)C(C)(C)C)[C@]23CC[C@H]1O3)c1ccccc1. The first-order valence-corrected chi connectivity index (χ1v) is 16.4. The molecule has 0 unspecified atom stereocenters. The third-order valence-electron chi connectivity index (χ3n) is 9.74. The van der Waals surface area contributed by atoms with Crippen LogP contribution in [0.5, 0.6) is 0 Å². The molecule has 4 rings (SSSR count). The molecule has 1 spiro atoms. The summed E-state index contributed by atoms with van der Waals surface area (Å²) in [4.78, 5) is 59.2. The van der Waals surface area contributed by atoms with Crippen molar-refractivity contribution in [2.75, 3.05) is 13.2 Å². The highest BCUT2D eigenvalue weighted by Crippen LogP contribution is 2.59. The molecule has 3 heterocycles. The van der Waals surface area contributed by atoms with Crippen LogP contribution in [0.2, 0.25) is 0 Å². The largest absolute Gasteiger partial charge is 0.455 e. The average molecular weight is 638 g/mol. The minimum atomic E-state index is -1.25. The molecule has 3 aliphatic heterocycles. The lowest BCUT2D eigenvalue weighted by molar-refractivity contribution is -0.163. The van der Waals surface area contributed by atoms with Crippen LogP contribution in [0.3, 0.4) is 0 Å². The standard InChI is InChI=1S/C36H51N3O7/c1-9-11-17-27(41)37-23(5)30(24-15-13-12-14-16-24)45-34(44)28-26-18-19-36(46-26)29(28)32(42)39(25(21-40)22(3)4)31(36)33(43)38(20-10-2)35(6,7)8/h9-10,12-16,22-23,25-26,28-31,40H,1-2,11,17-21H2,3-8H3,(H,37,41)/t23-,25+,26-,28+,29+,30-,31-,36+/m1/s1. The smallest absolute Gasteiger partial charge is 0.313 e. The Balaban J connectivity index is 1.72. The molecule has 3 saturated heterocycles. The molecule has 1 aromatic rings. The first kappa shape index (κ1) is 35.4. The van der Waals surface area contributed by atoms with Gasteiger partial charge in [0.05, 0.1) is 36.6 Å². The van der Waals surface area contributed by atoms with E-state index in [-0.39, 0.29) is 43.2 Å². The van der Waals surface area contributed by atoms with Crippen molar-refractivity contribution in [3.05, 3.63) is 61.2 Å². The summed E-state index contributed by atoms with van der Waals surface area (Å²) >= 11 is 0. The summed E-state index contributed by atoms with van der Waals surface area (Å²) in [7, 11) is 0. The molecule has 2 bridgehead atoms. The highest BCUT2D eigenvalue weighted by atomic mass is 16.6. The lowest BCUT2D eigenvalue weighted by atomic mass is 9.70. The molecule has 0 aromatic heterocycles. The first-order valence-electron chi connectivity index (χ1n) is 16.4. The molecular weight excluding hydrogens is 586 g/mol. The van der Waals surface area contributed by atoms with Gasteiger partial charge in [0.1, 0.15) is 17.7 Å². The number of fused-ring (bicyclic) bond motifs is 1. The molecule has 0 aliphatic carbocycles. The van der Waals surface area contributed by atoms with Crippen LogP contribution in [0.1, 0.15) is 78.9 Å². The third-order valence-corrected chi connectivity index (χ3v) is 9.74. The number of hydrogen-bond acceptors (Lipinski definition) is 7. The van der Waals surface area contributed by atoms with E-state index in [1.165, 1.54) is 4.90 Å². The number of hydrogen-bond donors (Lipinski definition) is 2. The number of ether oxygens (including phenoxy) is 2. The van der Waals surface area contributed by atoms with Gasteiger partial charge in [-0.15, -0.1) is 13.2 Å². The normalized spacial score (nSPS) is 27.1. The Kier molecular flexibility index (Phi) is 10.8. The maximum absolute atomic E-state index is 14.6. The fourth-order valence-corrected chi connectivity index (χ4v) is 7.53. The summed E-state index contributed by atoms with van der Waals surface area (Å²) in [6.45, 7) is 18.8. The highest BCUT2D eigenvalue weighted by molar-refractivity contribution is 5.98. The van der Waals surface area contributed by atoms with Crippen molar-refractivity contribution in [3.63, 3.8) is 0 Å². The van der Waals surface area contributed by atoms with Crippen LogP contribution in [0.25, 0.3) is 0 Å². The van der Waals surface area contributed by atoms with Crippen molar-refractivity contribution in [1.82, 2.24) is 15.1 Å². The van der Waals surface area contributed by atoms with Crippen molar-refractivity contribution in [1.29, 1.82) is 0 Å². The molecule has 3 fully saturated rings. The van der Waals surface area contributed by atoms with Crippen molar-refractivity contribution in [3.8, 4) is 0 Å². The van der Waals surface area contributed by atoms with Gasteiger partial charge in [0.25, 0.3) is 0 Å². The van der Waals surface area contributed by atoms with Gasteiger partial charge in [-0.05, 0) is 58.4 Å². The van der Waals surface area contributed by atoms with Crippen LogP contribution in [0, 0.1) is 17.8 Å². The summed E-state index contributed by atoms with van der Waals surface area (Å²) < 4.78 is 12.8. The monoisotopic (exact) mass is 637 g/mol. The molecule has 252 valence electrons. The fourth-order valence-electron chi connectivity index (χ4n) is 7.53. The van der Waals surface area contributed by atoms with Crippen molar-refractivity contribution in [2.24, 2.45) is 17.8 Å². The summed E-state index contributed by atoms with van der Waals surface area (Å²) in [5, 5.41) is 13.4. The zero-order chi connectivity index (χ0) is 34.0. The van der Waals surface area contributed by atoms with E-state index >= 15 is 0 Å². The lowest BCUT2D eigenvalue weighted by Crippen LogP contribution is -2.62. The zero-order valence-electron chi connectivity index (χ0n) is 28.1. The maximum Gasteiger partial charge on any atom is 0.313 e. The number of esters is 1. The van der Waals surface area contributed by atoms with Gasteiger partial charge in [0.2, 0.25) is 17.7 Å². The summed E-state index contributed by atoms with van der Waals surface area (Å²) in [6.07, 6.45) is 3.56. The molecule has 0 saturated carbocycles.